The fraction of sp³-hybridized carbons (Fsp3) is 0.300. The Balaban J connectivity index is 1.36. The molecule has 158 valence electrons. The highest BCUT2D eigenvalue weighted by Crippen LogP contribution is 2.24. The molecule has 2 fully saturated rings. The van der Waals surface area contributed by atoms with Crippen LogP contribution in [0.1, 0.15) is 0 Å². The number of piperazine rings is 1. The summed E-state index contributed by atoms with van der Waals surface area (Å²) in [7, 11) is -3.67. The number of hydrogen-bond donors (Lipinski definition) is 2. The minimum Gasteiger partial charge on any atom is -0.369 e. The number of halogens is 1. The molecule has 2 saturated heterocycles. The fourth-order valence-electron chi connectivity index (χ4n) is 3.62. The van der Waals surface area contributed by atoms with Gasteiger partial charge in [-0.2, -0.15) is 4.31 Å². The van der Waals surface area contributed by atoms with Gasteiger partial charge in [-0.25, -0.2) is 17.6 Å². The Morgan fingerprint density at radius 2 is 1.47 bits per heavy atom. The lowest BCUT2D eigenvalue weighted by atomic mass is 10.1. The molecule has 2 N–H and O–H groups in total. The normalized spacial score (nSPS) is 20.2. The van der Waals surface area contributed by atoms with Crippen molar-refractivity contribution in [2.24, 2.45) is 0 Å². The number of anilines is 1. The van der Waals surface area contributed by atoms with E-state index in [1.165, 1.54) is 16.4 Å². The summed E-state index contributed by atoms with van der Waals surface area (Å²) in [5.74, 6) is -1.35. The van der Waals surface area contributed by atoms with Crippen LogP contribution < -0.4 is 15.5 Å². The van der Waals surface area contributed by atoms with Crippen molar-refractivity contribution in [3.8, 4) is 11.1 Å². The van der Waals surface area contributed by atoms with Crippen LogP contribution in [0.4, 0.5) is 14.9 Å². The third-order valence-corrected chi connectivity index (χ3v) is 7.18. The molecule has 0 aliphatic carbocycles. The third-order valence-electron chi connectivity index (χ3n) is 5.28. The summed E-state index contributed by atoms with van der Waals surface area (Å²) in [5, 5.41) is 4.36. The molecule has 1 atom stereocenters. The number of carbonyl (C=O) groups excluding carboxylic acids is 2. The Bertz CT molecular complexity index is 1050. The van der Waals surface area contributed by atoms with Crippen molar-refractivity contribution in [1.29, 1.82) is 0 Å². The van der Waals surface area contributed by atoms with Gasteiger partial charge in [0.2, 0.25) is 10.0 Å². The van der Waals surface area contributed by atoms with Crippen molar-refractivity contribution in [2.75, 3.05) is 36.8 Å². The zero-order chi connectivity index (χ0) is 21.3. The number of nitrogens with zero attached hydrogens (tertiary/aromatic N) is 2. The summed E-state index contributed by atoms with van der Waals surface area (Å²) in [6, 6.07) is 12.4. The van der Waals surface area contributed by atoms with Gasteiger partial charge in [-0.15, -0.1) is 0 Å². The van der Waals surface area contributed by atoms with Gasteiger partial charge in [-0.05, 0) is 35.4 Å². The standard InChI is InChI=1S/C20H21FN4O4S/c21-16-5-1-14(2-6-16)15-3-7-17(8-4-15)24-9-11-25(12-10-24)30(28,29)13-18-19(26)23-20(27)22-18/h1-8,18H,9-13H2,(H2,22,23,26,27). The van der Waals surface area contributed by atoms with Crippen molar-refractivity contribution in [1.82, 2.24) is 14.9 Å². The number of carbonyl (C=O) groups is 2. The zero-order valence-electron chi connectivity index (χ0n) is 16.0. The Morgan fingerprint density at radius 1 is 0.900 bits per heavy atom. The molecule has 1 unspecified atom stereocenters. The molecule has 2 heterocycles. The summed E-state index contributed by atoms with van der Waals surface area (Å²) < 4.78 is 39.7. The average molecular weight is 432 g/mol. The highest BCUT2D eigenvalue weighted by Gasteiger charge is 2.36. The van der Waals surface area contributed by atoms with Crippen LogP contribution in [0.15, 0.2) is 48.5 Å². The molecular formula is C20H21FN4O4S. The monoisotopic (exact) mass is 432 g/mol. The molecule has 2 aromatic rings. The lowest BCUT2D eigenvalue weighted by Gasteiger charge is -2.35. The van der Waals surface area contributed by atoms with Gasteiger partial charge in [-0.1, -0.05) is 24.3 Å². The van der Waals surface area contributed by atoms with Crippen LogP contribution in [0.25, 0.3) is 11.1 Å². The number of sulfonamides is 1. The van der Waals surface area contributed by atoms with E-state index in [-0.39, 0.29) is 5.82 Å². The Hall–Kier alpha value is -2.98. The predicted molar refractivity (Wildman–Crippen MR) is 110 cm³/mol. The second kappa shape index (κ2) is 8.04. The van der Waals surface area contributed by atoms with Crippen LogP contribution in [-0.2, 0) is 14.8 Å². The van der Waals surface area contributed by atoms with E-state index in [1.54, 1.807) is 12.1 Å². The molecule has 0 spiro atoms. The van der Waals surface area contributed by atoms with Crippen molar-refractivity contribution in [3.05, 3.63) is 54.3 Å². The van der Waals surface area contributed by atoms with Crippen LogP contribution in [0, 0.1) is 5.82 Å². The SMILES string of the molecule is O=C1NC(=O)C(CS(=O)(=O)N2CCN(c3ccc(-c4ccc(F)cc4)cc3)CC2)N1. The second-order valence-corrected chi connectivity index (χ2v) is 9.25. The molecule has 0 saturated carbocycles. The first kappa shape index (κ1) is 20.3. The fourth-order valence-corrected chi connectivity index (χ4v) is 5.21. The summed E-state index contributed by atoms with van der Waals surface area (Å²) in [4.78, 5) is 24.9. The average Bonchev–Trinajstić information content (AvgIpc) is 3.05. The molecular weight excluding hydrogens is 411 g/mol. The van der Waals surface area contributed by atoms with Gasteiger partial charge >= 0.3 is 6.03 Å². The number of rotatable bonds is 5. The van der Waals surface area contributed by atoms with Gasteiger partial charge in [0.15, 0.2) is 0 Å². The van der Waals surface area contributed by atoms with E-state index in [1.807, 2.05) is 29.6 Å². The quantitative estimate of drug-likeness (QED) is 0.691. The molecule has 10 heteroatoms. The van der Waals surface area contributed by atoms with Crippen LogP contribution in [0.2, 0.25) is 0 Å². The maximum Gasteiger partial charge on any atom is 0.322 e. The van der Waals surface area contributed by atoms with Gasteiger partial charge in [-0.3, -0.25) is 10.1 Å². The number of benzene rings is 2. The summed E-state index contributed by atoms with van der Waals surface area (Å²) in [5.41, 5.74) is 2.86. The molecule has 2 aromatic carbocycles. The molecule has 2 aliphatic rings. The number of amides is 3. The molecule has 0 aromatic heterocycles. The first-order chi connectivity index (χ1) is 14.3. The number of hydrogen-bond acceptors (Lipinski definition) is 5. The van der Waals surface area contributed by atoms with E-state index in [9.17, 15) is 22.4 Å². The Kier molecular flexibility index (Phi) is 5.44. The van der Waals surface area contributed by atoms with E-state index in [0.717, 1.165) is 16.8 Å². The van der Waals surface area contributed by atoms with Gasteiger partial charge in [0.05, 0.1) is 5.75 Å². The number of nitrogens with one attached hydrogen (secondary N) is 2. The second-order valence-electron chi connectivity index (χ2n) is 7.23. The lowest BCUT2D eigenvalue weighted by molar-refractivity contribution is -0.119. The smallest absolute Gasteiger partial charge is 0.322 e. The largest absolute Gasteiger partial charge is 0.369 e. The zero-order valence-corrected chi connectivity index (χ0v) is 16.9. The Morgan fingerprint density at radius 3 is 2.00 bits per heavy atom. The minimum absolute atomic E-state index is 0.279. The number of imide groups is 1. The van der Waals surface area contributed by atoms with Crippen LogP contribution in [0.5, 0.6) is 0 Å². The van der Waals surface area contributed by atoms with E-state index >= 15 is 0 Å². The molecule has 3 amide bonds. The third kappa shape index (κ3) is 4.29. The van der Waals surface area contributed by atoms with Crippen LogP contribution in [-0.4, -0.2) is 62.6 Å². The first-order valence-corrected chi connectivity index (χ1v) is 11.1. The van der Waals surface area contributed by atoms with Gasteiger partial charge in [0.25, 0.3) is 5.91 Å². The molecule has 0 bridgehead atoms. The lowest BCUT2D eigenvalue weighted by Crippen LogP contribution is -2.51. The summed E-state index contributed by atoms with van der Waals surface area (Å²) in [6.07, 6.45) is 0. The van der Waals surface area contributed by atoms with E-state index in [2.05, 4.69) is 10.2 Å². The van der Waals surface area contributed by atoms with Crippen molar-refractivity contribution < 1.29 is 22.4 Å². The van der Waals surface area contributed by atoms with E-state index in [0.29, 0.717) is 26.2 Å². The maximum atomic E-state index is 13.1. The predicted octanol–water partition coefficient (Wildman–Crippen LogP) is 1.15. The van der Waals surface area contributed by atoms with E-state index in [4.69, 9.17) is 0 Å². The van der Waals surface area contributed by atoms with Crippen molar-refractivity contribution in [2.45, 2.75) is 6.04 Å². The Labute approximate surface area is 173 Å². The molecule has 8 nitrogen and oxygen atoms in total. The van der Waals surface area contributed by atoms with Crippen LogP contribution in [0.3, 0.4) is 0 Å². The maximum absolute atomic E-state index is 13.1. The molecule has 30 heavy (non-hydrogen) atoms. The molecule has 4 rings (SSSR count). The molecule has 0 radical (unpaired) electrons. The van der Waals surface area contributed by atoms with E-state index < -0.39 is 33.8 Å². The first-order valence-electron chi connectivity index (χ1n) is 9.52. The van der Waals surface area contributed by atoms with Crippen molar-refractivity contribution >= 4 is 27.6 Å². The summed E-state index contributed by atoms with van der Waals surface area (Å²) in [6.45, 7) is 1.62. The minimum atomic E-state index is -3.67. The van der Waals surface area contributed by atoms with Gasteiger partial charge in [0.1, 0.15) is 11.9 Å². The topological polar surface area (TPSA) is 98.8 Å². The molecule has 2 aliphatic heterocycles. The van der Waals surface area contributed by atoms with Crippen LogP contribution >= 0.6 is 0 Å². The summed E-state index contributed by atoms with van der Waals surface area (Å²) >= 11 is 0. The van der Waals surface area contributed by atoms with Gasteiger partial charge in [0, 0.05) is 31.9 Å². The number of urea groups is 1. The highest BCUT2D eigenvalue weighted by molar-refractivity contribution is 7.89. The van der Waals surface area contributed by atoms with Gasteiger partial charge < -0.3 is 10.2 Å². The highest BCUT2D eigenvalue weighted by atomic mass is 32.2. The van der Waals surface area contributed by atoms with Crippen molar-refractivity contribution in [3.63, 3.8) is 0 Å².